The Balaban J connectivity index is 2.29. The van der Waals surface area contributed by atoms with E-state index in [9.17, 15) is 4.79 Å². The van der Waals surface area contributed by atoms with Crippen LogP contribution in [0.1, 0.15) is 19.4 Å². The molecule has 27 heavy (non-hydrogen) atoms. The molecule has 2 aromatic carbocycles. The average Bonchev–Trinajstić information content (AvgIpc) is 2.65. The van der Waals surface area contributed by atoms with Crippen LogP contribution in [0.2, 0.25) is 10.0 Å². The summed E-state index contributed by atoms with van der Waals surface area (Å²) in [6, 6.07) is 14.5. The minimum Gasteiger partial charge on any atom is -0.461 e. The number of nitrogens with zero attached hydrogens (tertiary/aromatic N) is 1. The third-order valence-corrected chi connectivity index (χ3v) is 4.24. The van der Waals surface area contributed by atoms with Crippen molar-refractivity contribution in [1.29, 1.82) is 0 Å². The molecule has 0 radical (unpaired) electrons. The molecule has 0 aliphatic rings. The van der Waals surface area contributed by atoms with Crippen molar-refractivity contribution in [3.63, 3.8) is 0 Å². The molecule has 1 atom stereocenters. The normalized spacial score (nSPS) is 12.5. The van der Waals surface area contributed by atoms with Gasteiger partial charge in [0.15, 0.2) is 5.71 Å². The molecule has 0 spiro atoms. The summed E-state index contributed by atoms with van der Waals surface area (Å²) >= 11 is 12.1. The lowest BCUT2D eigenvalue weighted by Gasteiger charge is -2.19. The molecule has 0 aliphatic carbocycles. The number of hydrazone groups is 1. The van der Waals surface area contributed by atoms with Crippen molar-refractivity contribution in [3.8, 4) is 0 Å². The van der Waals surface area contributed by atoms with Crippen LogP contribution < -0.4 is 5.43 Å². The molecule has 1 N–H and O–H groups in total. The van der Waals surface area contributed by atoms with Crippen molar-refractivity contribution in [1.82, 2.24) is 0 Å². The average molecular weight is 409 g/mol. The van der Waals surface area contributed by atoms with Gasteiger partial charge in [-0.05, 0) is 43.7 Å². The molecular formula is C20H22Cl2N2O3. The van der Waals surface area contributed by atoms with Crippen LogP contribution in [0, 0.1) is 0 Å². The number of esters is 1. The number of hydrogen-bond donors (Lipinski definition) is 1. The standard InChI is InChI=1S/C20H22Cl2N2O3/c1-3-26-18(13-14-9-11-15(21)12-10-14)19(20(25)27-4-2)24-23-17-8-6-5-7-16(17)22/h5-12,18,23H,3-4,13H2,1-2H3/b24-19-. The quantitative estimate of drug-likeness (QED) is 0.361. The van der Waals surface area contributed by atoms with E-state index < -0.39 is 12.1 Å². The number of benzene rings is 2. The molecule has 2 rings (SSSR count). The number of hydrogen-bond acceptors (Lipinski definition) is 5. The van der Waals surface area contributed by atoms with Gasteiger partial charge in [0.05, 0.1) is 17.3 Å². The van der Waals surface area contributed by atoms with Gasteiger partial charge in [-0.25, -0.2) is 4.79 Å². The highest BCUT2D eigenvalue weighted by molar-refractivity contribution is 6.38. The van der Waals surface area contributed by atoms with Crippen LogP contribution in [-0.4, -0.2) is 31.0 Å². The highest BCUT2D eigenvalue weighted by Crippen LogP contribution is 2.21. The van der Waals surface area contributed by atoms with E-state index in [1.165, 1.54) is 0 Å². The van der Waals surface area contributed by atoms with Crippen molar-refractivity contribution >= 4 is 40.6 Å². The fourth-order valence-electron chi connectivity index (χ4n) is 2.40. The molecular weight excluding hydrogens is 387 g/mol. The van der Waals surface area contributed by atoms with Gasteiger partial charge in [0.25, 0.3) is 0 Å². The third kappa shape index (κ3) is 6.54. The molecule has 7 heteroatoms. The summed E-state index contributed by atoms with van der Waals surface area (Å²) in [6.07, 6.45) is -0.127. The van der Waals surface area contributed by atoms with E-state index in [1.807, 2.05) is 31.2 Å². The lowest BCUT2D eigenvalue weighted by Crippen LogP contribution is -2.35. The number of halogens is 2. The number of ether oxygens (including phenoxy) is 2. The Morgan fingerprint density at radius 3 is 2.41 bits per heavy atom. The maximum absolute atomic E-state index is 12.5. The second-order valence-electron chi connectivity index (χ2n) is 5.58. The second-order valence-corrected chi connectivity index (χ2v) is 6.43. The van der Waals surface area contributed by atoms with Crippen molar-refractivity contribution in [2.75, 3.05) is 18.6 Å². The first kappa shape index (κ1) is 21.2. The smallest absolute Gasteiger partial charge is 0.357 e. The SMILES string of the molecule is CCOC(=O)/C(=N\Nc1ccccc1Cl)C(Cc1ccc(Cl)cc1)OCC. The van der Waals surface area contributed by atoms with Gasteiger partial charge in [0, 0.05) is 18.1 Å². The van der Waals surface area contributed by atoms with Gasteiger partial charge in [-0.2, -0.15) is 5.10 Å². The highest BCUT2D eigenvalue weighted by Gasteiger charge is 2.26. The first-order valence-corrected chi connectivity index (χ1v) is 9.42. The lowest BCUT2D eigenvalue weighted by molar-refractivity contribution is -0.135. The Hall–Kier alpha value is -2.08. The summed E-state index contributed by atoms with van der Waals surface area (Å²) in [5.41, 5.74) is 4.54. The predicted molar refractivity (Wildman–Crippen MR) is 110 cm³/mol. The fourth-order valence-corrected chi connectivity index (χ4v) is 2.70. The number of para-hydroxylation sites is 1. The number of nitrogens with one attached hydrogen (secondary N) is 1. The summed E-state index contributed by atoms with van der Waals surface area (Å²) in [5, 5.41) is 5.40. The lowest BCUT2D eigenvalue weighted by atomic mass is 10.0. The topological polar surface area (TPSA) is 59.9 Å². The van der Waals surface area contributed by atoms with Gasteiger partial charge in [-0.1, -0.05) is 47.5 Å². The van der Waals surface area contributed by atoms with Crippen LogP contribution in [0.25, 0.3) is 0 Å². The molecule has 2 aromatic rings. The zero-order valence-corrected chi connectivity index (χ0v) is 16.8. The van der Waals surface area contributed by atoms with Crippen LogP contribution in [0.4, 0.5) is 5.69 Å². The molecule has 0 aromatic heterocycles. The van der Waals surface area contributed by atoms with Gasteiger partial charge in [-0.15, -0.1) is 0 Å². The first-order chi connectivity index (χ1) is 13.0. The predicted octanol–water partition coefficient (Wildman–Crippen LogP) is 4.97. The maximum Gasteiger partial charge on any atom is 0.357 e. The number of rotatable bonds is 9. The van der Waals surface area contributed by atoms with E-state index in [0.717, 1.165) is 5.56 Å². The monoisotopic (exact) mass is 408 g/mol. The third-order valence-electron chi connectivity index (χ3n) is 3.66. The highest BCUT2D eigenvalue weighted by atomic mass is 35.5. The Kier molecular flexibility index (Phi) is 8.58. The zero-order valence-electron chi connectivity index (χ0n) is 15.2. The maximum atomic E-state index is 12.5. The summed E-state index contributed by atoms with van der Waals surface area (Å²) < 4.78 is 10.9. The molecule has 5 nitrogen and oxygen atoms in total. The zero-order chi connectivity index (χ0) is 19.6. The number of carbonyl (C=O) groups is 1. The van der Waals surface area contributed by atoms with Crippen molar-refractivity contribution < 1.29 is 14.3 Å². The largest absolute Gasteiger partial charge is 0.461 e. The molecule has 0 saturated heterocycles. The minimum absolute atomic E-state index is 0.147. The molecule has 144 valence electrons. The van der Waals surface area contributed by atoms with Crippen LogP contribution in [-0.2, 0) is 20.7 Å². The number of anilines is 1. The molecule has 0 saturated carbocycles. The van der Waals surface area contributed by atoms with Gasteiger partial charge in [0.2, 0.25) is 0 Å². The van der Waals surface area contributed by atoms with E-state index in [1.54, 1.807) is 31.2 Å². The molecule has 1 unspecified atom stereocenters. The summed E-state index contributed by atoms with van der Waals surface area (Å²) in [6.45, 7) is 4.26. The van der Waals surface area contributed by atoms with Gasteiger partial charge >= 0.3 is 5.97 Å². The van der Waals surface area contributed by atoms with E-state index in [-0.39, 0.29) is 12.3 Å². The van der Waals surface area contributed by atoms with Crippen LogP contribution in [0.3, 0.4) is 0 Å². The first-order valence-electron chi connectivity index (χ1n) is 8.66. The van der Waals surface area contributed by atoms with Gasteiger partial charge < -0.3 is 9.47 Å². The van der Waals surface area contributed by atoms with Crippen molar-refractivity contribution in [2.45, 2.75) is 26.4 Å². The van der Waals surface area contributed by atoms with Crippen LogP contribution in [0.5, 0.6) is 0 Å². The molecule has 0 aliphatic heterocycles. The van der Waals surface area contributed by atoms with Gasteiger partial charge in [0.1, 0.15) is 6.10 Å². The molecule has 0 amide bonds. The molecule has 0 fully saturated rings. The Morgan fingerprint density at radius 1 is 1.07 bits per heavy atom. The summed E-state index contributed by atoms with van der Waals surface area (Å²) in [7, 11) is 0. The second kappa shape index (κ2) is 10.9. The Morgan fingerprint density at radius 2 is 1.78 bits per heavy atom. The molecule has 0 heterocycles. The summed E-state index contributed by atoms with van der Waals surface area (Å²) in [4.78, 5) is 12.5. The van der Waals surface area contributed by atoms with Crippen LogP contribution >= 0.6 is 23.2 Å². The fraction of sp³-hybridized carbons (Fsp3) is 0.300. The van der Waals surface area contributed by atoms with Crippen molar-refractivity contribution in [3.05, 3.63) is 64.1 Å². The summed E-state index contributed by atoms with van der Waals surface area (Å²) in [5.74, 6) is -0.538. The Labute approximate surface area is 169 Å². The van der Waals surface area contributed by atoms with Crippen molar-refractivity contribution in [2.24, 2.45) is 5.10 Å². The van der Waals surface area contributed by atoms with E-state index in [2.05, 4.69) is 10.5 Å². The van der Waals surface area contributed by atoms with E-state index >= 15 is 0 Å². The van der Waals surface area contributed by atoms with Gasteiger partial charge in [-0.3, -0.25) is 5.43 Å². The van der Waals surface area contributed by atoms with E-state index in [4.69, 9.17) is 32.7 Å². The van der Waals surface area contributed by atoms with Crippen LogP contribution in [0.15, 0.2) is 53.6 Å². The molecule has 0 bridgehead atoms. The Bertz CT molecular complexity index is 779. The number of carbonyl (C=O) groups excluding carboxylic acids is 1. The minimum atomic E-state index is -0.579. The van der Waals surface area contributed by atoms with E-state index in [0.29, 0.717) is 28.8 Å².